The summed E-state index contributed by atoms with van der Waals surface area (Å²) in [6.45, 7) is 1.52. The molecule has 23 heavy (non-hydrogen) atoms. The van der Waals surface area contributed by atoms with E-state index in [0.717, 1.165) is 54.4 Å². The minimum atomic E-state index is 0.305. The fraction of sp³-hybridized carbons (Fsp3) is 0.333. The summed E-state index contributed by atoms with van der Waals surface area (Å²) in [4.78, 5) is 9.36. The van der Waals surface area contributed by atoms with Gasteiger partial charge >= 0.3 is 0 Å². The van der Waals surface area contributed by atoms with Crippen LogP contribution >= 0.6 is 0 Å². The minimum absolute atomic E-state index is 0.305. The Bertz CT molecular complexity index is 822. The van der Waals surface area contributed by atoms with Crippen molar-refractivity contribution >= 4 is 11.2 Å². The number of benzene rings is 1. The third-order valence-electron chi connectivity index (χ3n) is 4.33. The van der Waals surface area contributed by atoms with Crippen LogP contribution in [0.2, 0.25) is 0 Å². The normalized spacial score (nSPS) is 17.7. The second-order valence-electron chi connectivity index (χ2n) is 5.75. The number of ether oxygens (including phenoxy) is 2. The molecular formula is C18H19N3O2. The summed E-state index contributed by atoms with van der Waals surface area (Å²) in [5, 5.41) is 0. The lowest BCUT2D eigenvalue weighted by atomic mass is 10.1. The number of methoxy groups -OCH3 is 1. The molecule has 5 nitrogen and oxygen atoms in total. The summed E-state index contributed by atoms with van der Waals surface area (Å²) in [5.74, 6) is 1.90. The predicted octanol–water partition coefficient (Wildman–Crippen LogP) is 2.99. The molecule has 3 aromatic rings. The second kappa shape index (κ2) is 6.01. The first-order chi connectivity index (χ1) is 11.4. The SMILES string of the molecule is COc1ccccc1Cc1nc2cccnc2n1C1CCOC1. The summed E-state index contributed by atoms with van der Waals surface area (Å²) >= 11 is 0. The fourth-order valence-corrected chi connectivity index (χ4v) is 3.23. The van der Waals surface area contributed by atoms with Crippen molar-refractivity contribution in [2.75, 3.05) is 20.3 Å². The maximum atomic E-state index is 5.58. The Labute approximate surface area is 134 Å². The predicted molar refractivity (Wildman–Crippen MR) is 87.8 cm³/mol. The second-order valence-corrected chi connectivity index (χ2v) is 5.75. The summed E-state index contributed by atoms with van der Waals surface area (Å²) < 4.78 is 13.3. The van der Waals surface area contributed by atoms with E-state index in [2.05, 4.69) is 15.6 Å². The van der Waals surface area contributed by atoms with E-state index in [9.17, 15) is 0 Å². The molecule has 1 fully saturated rings. The molecule has 118 valence electrons. The number of nitrogens with zero attached hydrogens (tertiary/aromatic N) is 3. The van der Waals surface area contributed by atoms with Crippen molar-refractivity contribution in [3.8, 4) is 5.75 Å². The van der Waals surface area contributed by atoms with Gasteiger partial charge in [-0.2, -0.15) is 0 Å². The first-order valence-electron chi connectivity index (χ1n) is 7.88. The van der Waals surface area contributed by atoms with Crippen LogP contribution in [0.5, 0.6) is 5.75 Å². The van der Waals surface area contributed by atoms with Crippen molar-refractivity contribution < 1.29 is 9.47 Å². The van der Waals surface area contributed by atoms with Crippen LogP contribution in [0.15, 0.2) is 42.6 Å². The number of hydrogen-bond acceptors (Lipinski definition) is 4. The molecule has 0 N–H and O–H groups in total. The Kier molecular flexibility index (Phi) is 3.71. The molecule has 4 rings (SSSR count). The lowest BCUT2D eigenvalue weighted by molar-refractivity contribution is 0.186. The van der Waals surface area contributed by atoms with Crippen LogP contribution in [0.3, 0.4) is 0 Å². The summed E-state index contributed by atoms with van der Waals surface area (Å²) in [6, 6.07) is 12.3. The van der Waals surface area contributed by atoms with Crippen LogP contribution < -0.4 is 4.74 Å². The molecule has 1 aromatic carbocycles. The van der Waals surface area contributed by atoms with E-state index in [1.165, 1.54) is 0 Å². The molecular weight excluding hydrogens is 290 g/mol. The zero-order chi connectivity index (χ0) is 15.6. The number of fused-ring (bicyclic) bond motifs is 1. The van der Waals surface area contributed by atoms with Gasteiger partial charge in [0, 0.05) is 24.8 Å². The first kappa shape index (κ1) is 14.2. The molecule has 5 heteroatoms. The molecule has 0 saturated carbocycles. The Hall–Kier alpha value is -2.40. The van der Waals surface area contributed by atoms with E-state index >= 15 is 0 Å². The van der Waals surface area contributed by atoms with Crippen molar-refractivity contribution in [3.63, 3.8) is 0 Å². The lowest BCUT2D eigenvalue weighted by Gasteiger charge is -2.15. The minimum Gasteiger partial charge on any atom is -0.496 e. The van der Waals surface area contributed by atoms with Crippen molar-refractivity contribution in [2.45, 2.75) is 18.9 Å². The third-order valence-corrected chi connectivity index (χ3v) is 4.33. The van der Waals surface area contributed by atoms with Gasteiger partial charge in [0.25, 0.3) is 0 Å². The molecule has 1 atom stereocenters. The maximum Gasteiger partial charge on any atom is 0.160 e. The van der Waals surface area contributed by atoms with Crippen LogP contribution in [0, 0.1) is 0 Å². The van der Waals surface area contributed by atoms with Crippen LogP contribution in [-0.4, -0.2) is 34.9 Å². The molecule has 3 heterocycles. The van der Waals surface area contributed by atoms with Crippen LogP contribution in [0.1, 0.15) is 23.9 Å². The summed E-state index contributed by atoms with van der Waals surface area (Å²) in [6.07, 6.45) is 3.54. The average molecular weight is 309 g/mol. The molecule has 2 aromatic heterocycles. The molecule has 0 aliphatic carbocycles. The zero-order valence-electron chi connectivity index (χ0n) is 13.1. The number of imidazole rings is 1. The summed E-state index contributed by atoms with van der Waals surface area (Å²) in [7, 11) is 1.70. The molecule has 1 aliphatic heterocycles. The molecule has 1 aliphatic rings. The monoisotopic (exact) mass is 309 g/mol. The highest BCUT2D eigenvalue weighted by Gasteiger charge is 2.24. The largest absolute Gasteiger partial charge is 0.496 e. The Morgan fingerprint density at radius 2 is 2.17 bits per heavy atom. The quantitative estimate of drug-likeness (QED) is 0.743. The highest BCUT2D eigenvalue weighted by atomic mass is 16.5. The van der Waals surface area contributed by atoms with Gasteiger partial charge in [-0.1, -0.05) is 18.2 Å². The van der Waals surface area contributed by atoms with Gasteiger partial charge in [0.1, 0.15) is 17.1 Å². The van der Waals surface area contributed by atoms with Gasteiger partial charge in [0.15, 0.2) is 5.65 Å². The van der Waals surface area contributed by atoms with Gasteiger partial charge < -0.3 is 14.0 Å². The zero-order valence-corrected chi connectivity index (χ0v) is 13.1. The Morgan fingerprint density at radius 3 is 3.00 bits per heavy atom. The Morgan fingerprint density at radius 1 is 1.26 bits per heavy atom. The van der Waals surface area contributed by atoms with E-state index in [4.69, 9.17) is 14.5 Å². The van der Waals surface area contributed by atoms with Crippen LogP contribution in [-0.2, 0) is 11.2 Å². The molecule has 0 spiro atoms. The van der Waals surface area contributed by atoms with Crippen molar-refractivity contribution in [3.05, 3.63) is 54.0 Å². The third kappa shape index (κ3) is 2.57. The van der Waals surface area contributed by atoms with Gasteiger partial charge in [0.2, 0.25) is 0 Å². The molecule has 0 amide bonds. The smallest absolute Gasteiger partial charge is 0.160 e. The van der Waals surface area contributed by atoms with Crippen LogP contribution in [0.25, 0.3) is 11.2 Å². The van der Waals surface area contributed by atoms with Gasteiger partial charge in [-0.3, -0.25) is 0 Å². The van der Waals surface area contributed by atoms with E-state index in [0.29, 0.717) is 6.04 Å². The Balaban J connectivity index is 1.81. The highest BCUT2D eigenvalue weighted by molar-refractivity contribution is 5.71. The molecule has 0 radical (unpaired) electrons. The standard InChI is InChI=1S/C18H19N3O2/c1-22-16-7-3-2-5-13(16)11-17-20-15-6-4-9-19-18(15)21(17)14-8-10-23-12-14/h2-7,9,14H,8,10-12H2,1H3. The van der Waals surface area contributed by atoms with Crippen molar-refractivity contribution in [1.82, 2.24) is 14.5 Å². The number of aromatic nitrogens is 3. The highest BCUT2D eigenvalue weighted by Crippen LogP contribution is 2.28. The van der Waals surface area contributed by atoms with E-state index in [-0.39, 0.29) is 0 Å². The first-order valence-corrected chi connectivity index (χ1v) is 7.88. The van der Waals surface area contributed by atoms with Crippen molar-refractivity contribution in [2.24, 2.45) is 0 Å². The fourth-order valence-electron chi connectivity index (χ4n) is 3.23. The number of rotatable bonds is 4. The van der Waals surface area contributed by atoms with E-state index < -0.39 is 0 Å². The molecule has 1 unspecified atom stereocenters. The van der Waals surface area contributed by atoms with E-state index in [1.807, 2.05) is 36.5 Å². The number of hydrogen-bond donors (Lipinski definition) is 0. The van der Waals surface area contributed by atoms with Gasteiger partial charge in [0.05, 0.1) is 19.8 Å². The van der Waals surface area contributed by atoms with Crippen LogP contribution in [0.4, 0.5) is 0 Å². The molecule has 0 bridgehead atoms. The topological polar surface area (TPSA) is 49.2 Å². The molecule has 1 saturated heterocycles. The van der Waals surface area contributed by atoms with Gasteiger partial charge in [-0.25, -0.2) is 9.97 Å². The number of pyridine rings is 1. The lowest BCUT2D eigenvalue weighted by Crippen LogP contribution is -2.13. The van der Waals surface area contributed by atoms with Gasteiger partial charge in [-0.15, -0.1) is 0 Å². The average Bonchev–Trinajstić information content (AvgIpc) is 3.22. The van der Waals surface area contributed by atoms with Gasteiger partial charge in [-0.05, 0) is 24.6 Å². The number of para-hydroxylation sites is 1. The van der Waals surface area contributed by atoms with Crippen molar-refractivity contribution in [1.29, 1.82) is 0 Å². The maximum absolute atomic E-state index is 5.58. The van der Waals surface area contributed by atoms with E-state index in [1.54, 1.807) is 7.11 Å². The summed E-state index contributed by atoms with van der Waals surface area (Å²) in [5.41, 5.74) is 3.00.